The topological polar surface area (TPSA) is 124 Å². The molecule has 1 aliphatic heterocycles. The first-order valence-electron chi connectivity index (χ1n) is 8.82. The van der Waals surface area contributed by atoms with Gasteiger partial charge in [0.05, 0.1) is 22.4 Å². The average Bonchev–Trinajstić information content (AvgIpc) is 2.98. The zero-order chi connectivity index (χ0) is 21.4. The summed E-state index contributed by atoms with van der Waals surface area (Å²) in [7, 11) is 0. The number of nitrogens with one attached hydrogen (secondary N) is 1. The van der Waals surface area contributed by atoms with Gasteiger partial charge in [-0.25, -0.2) is 9.69 Å². The molecule has 0 atom stereocenters. The van der Waals surface area contributed by atoms with E-state index >= 15 is 0 Å². The fourth-order valence-corrected chi connectivity index (χ4v) is 3.16. The number of amides is 3. The van der Waals surface area contributed by atoms with Crippen LogP contribution in [0.25, 0.3) is 0 Å². The molecule has 8 heteroatoms. The monoisotopic (exact) mass is 402 g/mol. The lowest BCUT2D eigenvalue weighted by Gasteiger charge is -2.14. The number of carboxylic acids is 1. The highest BCUT2D eigenvalue weighted by Crippen LogP contribution is 2.29. The van der Waals surface area contributed by atoms with Gasteiger partial charge in [0.15, 0.2) is 0 Å². The van der Waals surface area contributed by atoms with Crippen LogP contribution in [-0.2, 0) is 0 Å². The molecule has 3 amide bonds. The Balaban J connectivity index is 1.57. The Morgan fingerprint density at radius 2 is 1.47 bits per heavy atom. The molecular weight excluding hydrogens is 388 g/mol. The molecule has 3 aromatic rings. The molecule has 0 saturated heterocycles. The van der Waals surface area contributed by atoms with E-state index in [0.717, 1.165) is 4.90 Å². The van der Waals surface area contributed by atoms with Crippen molar-refractivity contribution in [2.24, 2.45) is 0 Å². The summed E-state index contributed by atoms with van der Waals surface area (Å²) in [6, 6.07) is 15.7. The number of anilines is 2. The summed E-state index contributed by atoms with van der Waals surface area (Å²) in [6.07, 6.45) is 0. The molecule has 8 nitrogen and oxygen atoms in total. The van der Waals surface area contributed by atoms with Gasteiger partial charge in [0.1, 0.15) is 5.75 Å². The molecule has 148 valence electrons. The van der Waals surface area contributed by atoms with Gasteiger partial charge in [-0.05, 0) is 54.6 Å². The summed E-state index contributed by atoms with van der Waals surface area (Å²) in [5.74, 6) is -2.81. The fraction of sp³-hybridized carbons (Fsp3) is 0. The number of carboxylic acid groups (broad SMARTS) is 1. The molecule has 30 heavy (non-hydrogen) atoms. The molecule has 0 radical (unpaired) electrons. The van der Waals surface area contributed by atoms with Crippen molar-refractivity contribution in [3.63, 3.8) is 0 Å². The number of phenolic OH excluding ortho intramolecular Hbond substituents is 1. The van der Waals surface area contributed by atoms with Gasteiger partial charge in [-0.15, -0.1) is 0 Å². The minimum absolute atomic E-state index is 0.0137. The molecule has 1 heterocycles. The number of phenols is 1. The van der Waals surface area contributed by atoms with E-state index in [2.05, 4.69) is 5.32 Å². The molecule has 4 rings (SSSR count). The standard InChI is InChI=1S/C22H14N2O6/c25-16-3-1-2-14(11-16)23-19(26)12-4-7-15(8-5-12)24-20(27)17-9-6-13(22(29)30)10-18(17)21(24)28/h1-11,25H,(H,23,26)(H,29,30). The van der Waals surface area contributed by atoms with Crippen molar-refractivity contribution in [1.82, 2.24) is 0 Å². The van der Waals surface area contributed by atoms with Crippen LogP contribution in [-0.4, -0.2) is 33.9 Å². The van der Waals surface area contributed by atoms with Crippen molar-refractivity contribution < 1.29 is 29.4 Å². The Bertz CT molecular complexity index is 1220. The number of carbonyl (C=O) groups excluding carboxylic acids is 3. The van der Waals surface area contributed by atoms with E-state index in [1.54, 1.807) is 12.1 Å². The number of hydrogen-bond donors (Lipinski definition) is 3. The number of imide groups is 1. The van der Waals surface area contributed by atoms with Crippen LogP contribution in [0, 0.1) is 0 Å². The van der Waals surface area contributed by atoms with Gasteiger partial charge >= 0.3 is 5.97 Å². The molecule has 0 aliphatic carbocycles. The summed E-state index contributed by atoms with van der Waals surface area (Å²) in [5, 5.41) is 21.2. The van der Waals surface area contributed by atoms with Crippen molar-refractivity contribution in [2.75, 3.05) is 10.2 Å². The van der Waals surface area contributed by atoms with Gasteiger partial charge in [0.25, 0.3) is 17.7 Å². The summed E-state index contributed by atoms with van der Waals surface area (Å²) in [6.45, 7) is 0. The zero-order valence-electron chi connectivity index (χ0n) is 15.3. The van der Waals surface area contributed by atoms with Crippen LogP contribution in [0.1, 0.15) is 41.4 Å². The lowest BCUT2D eigenvalue weighted by Crippen LogP contribution is -2.29. The third-order valence-electron chi connectivity index (χ3n) is 4.63. The first-order chi connectivity index (χ1) is 14.3. The molecular formula is C22H14N2O6. The van der Waals surface area contributed by atoms with E-state index in [-0.39, 0.29) is 33.7 Å². The van der Waals surface area contributed by atoms with Crippen LogP contribution in [0.2, 0.25) is 0 Å². The minimum atomic E-state index is -1.20. The molecule has 0 bridgehead atoms. The number of hydrogen-bond acceptors (Lipinski definition) is 5. The Kier molecular flexibility index (Phi) is 4.51. The van der Waals surface area contributed by atoms with Crippen LogP contribution >= 0.6 is 0 Å². The molecule has 3 N–H and O–H groups in total. The number of fused-ring (bicyclic) bond motifs is 1. The number of nitrogens with zero attached hydrogens (tertiary/aromatic N) is 1. The smallest absolute Gasteiger partial charge is 0.335 e. The van der Waals surface area contributed by atoms with Gasteiger partial charge in [-0.3, -0.25) is 14.4 Å². The van der Waals surface area contributed by atoms with Crippen LogP contribution in [0.5, 0.6) is 5.75 Å². The maximum atomic E-state index is 12.7. The number of aromatic carboxylic acids is 1. The molecule has 0 saturated carbocycles. The van der Waals surface area contributed by atoms with Crippen molar-refractivity contribution in [2.45, 2.75) is 0 Å². The van der Waals surface area contributed by atoms with Crippen molar-refractivity contribution in [3.05, 3.63) is 89.0 Å². The van der Waals surface area contributed by atoms with Crippen LogP contribution in [0.4, 0.5) is 11.4 Å². The Hall–Kier alpha value is -4.46. The molecule has 3 aromatic carbocycles. The third kappa shape index (κ3) is 3.26. The molecule has 0 aromatic heterocycles. The first-order valence-corrected chi connectivity index (χ1v) is 8.82. The minimum Gasteiger partial charge on any atom is -0.508 e. The number of rotatable bonds is 4. The summed E-state index contributed by atoms with van der Waals surface area (Å²) < 4.78 is 0. The van der Waals surface area contributed by atoms with Crippen LogP contribution < -0.4 is 10.2 Å². The van der Waals surface area contributed by atoms with Gasteiger partial charge in [0, 0.05) is 17.3 Å². The van der Waals surface area contributed by atoms with E-state index in [4.69, 9.17) is 5.11 Å². The summed E-state index contributed by atoms with van der Waals surface area (Å²) >= 11 is 0. The van der Waals surface area contributed by atoms with Gasteiger partial charge < -0.3 is 15.5 Å². The number of aromatic hydroxyl groups is 1. The molecule has 1 aliphatic rings. The third-order valence-corrected chi connectivity index (χ3v) is 4.63. The van der Waals surface area contributed by atoms with E-state index in [0.29, 0.717) is 5.69 Å². The maximum Gasteiger partial charge on any atom is 0.335 e. The predicted molar refractivity (Wildman–Crippen MR) is 107 cm³/mol. The molecule has 0 spiro atoms. The Morgan fingerprint density at radius 1 is 0.800 bits per heavy atom. The van der Waals surface area contributed by atoms with Crippen molar-refractivity contribution in [3.8, 4) is 5.75 Å². The van der Waals surface area contributed by atoms with E-state index in [9.17, 15) is 24.3 Å². The second-order valence-corrected chi connectivity index (χ2v) is 6.56. The Labute approximate surface area is 170 Å². The predicted octanol–water partition coefficient (Wildman–Crippen LogP) is 3.14. The highest BCUT2D eigenvalue weighted by atomic mass is 16.4. The highest BCUT2D eigenvalue weighted by molar-refractivity contribution is 6.34. The fourth-order valence-electron chi connectivity index (χ4n) is 3.16. The van der Waals surface area contributed by atoms with E-state index < -0.39 is 23.7 Å². The molecule has 0 fully saturated rings. The number of benzene rings is 3. The first kappa shape index (κ1) is 18.9. The van der Waals surface area contributed by atoms with Gasteiger partial charge in [0.2, 0.25) is 0 Å². The second-order valence-electron chi connectivity index (χ2n) is 6.56. The lowest BCUT2D eigenvalue weighted by atomic mass is 10.1. The van der Waals surface area contributed by atoms with Gasteiger partial charge in [-0.2, -0.15) is 0 Å². The highest BCUT2D eigenvalue weighted by Gasteiger charge is 2.37. The van der Waals surface area contributed by atoms with Crippen LogP contribution in [0.15, 0.2) is 66.7 Å². The van der Waals surface area contributed by atoms with Crippen molar-refractivity contribution in [1.29, 1.82) is 0 Å². The van der Waals surface area contributed by atoms with Crippen LogP contribution in [0.3, 0.4) is 0 Å². The molecule has 0 unspecified atom stereocenters. The van der Waals surface area contributed by atoms with Gasteiger partial charge in [-0.1, -0.05) is 6.07 Å². The quantitative estimate of drug-likeness (QED) is 0.576. The van der Waals surface area contributed by atoms with E-state index in [1.807, 2.05) is 0 Å². The normalized spacial score (nSPS) is 12.6. The summed E-state index contributed by atoms with van der Waals surface area (Å²) in [5.41, 5.74) is 1.01. The maximum absolute atomic E-state index is 12.7. The largest absolute Gasteiger partial charge is 0.508 e. The average molecular weight is 402 g/mol. The summed E-state index contributed by atoms with van der Waals surface area (Å²) in [4.78, 5) is 49.8. The Morgan fingerprint density at radius 3 is 2.13 bits per heavy atom. The van der Waals surface area contributed by atoms with Crippen molar-refractivity contribution >= 4 is 35.1 Å². The SMILES string of the molecule is O=C(O)c1ccc2c(c1)C(=O)N(c1ccc(C(=O)Nc3cccc(O)c3)cc1)C2=O. The zero-order valence-corrected chi connectivity index (χ0v) is 15.3. The van der Waals surface area contributed by atoms with E-state index in [1.165, 1.54) is 54.6 Å². The lowest BCUT2D eigenvalue weighted by molar-refractivity contribution is 0.0696. The number of carbonyl (C=O) groups is 4. The second kappa shape index (κ2) is 7.17.